The molecule has 2 N–H and O–H groups in total. The third kappa shape index (κ3) is 3.73. The number of aryl methyl sites for hydroxylation is 1. The van der Waals surface area contributed by atoms with E-state index in [-0.39, 0.29) is 17.0 Å². The number of sulfonamides is 1. The van der Waals surface area contributed by atoms with Gasteiger partial charge in [0.25, 0.3) is 6.43 Å². The summed E-state index contributed by atoms with van der Waals surface area (Å²) in [6, 6.07) is 10.6. The molecule has 0 unspecified atom stereocenters. The van der Waals surface area contributed by atoms with Crippen LogP contribution in [0.3, 0.4) is 0 Å². The monoisotopic (exact) mass is 352 g/mol. The summed E-state index contributed by atoms with van der Waals surface area (Å²) in [6.45, 7) is 1.06. The maximum absolute atomic E-state index is 12.7. The van der Waals surface area contributed by atoms with Crippen LogP contribution in [0.25, 0.3) is 0 Å². The molecule has 4 nitrogen and oxygen atoms in total. The van der Waals surface area contributed by atoms with Crippen LogP contribution >= 0.6 is 0 Å². The Balaban J connectivity index is 1.74. The summed E-state index contributed by atoms with van der Waals surface area (Å²) < 4.78 is 52.5. The lowest BCUT2D eigenvalue weighted by atomic mass is 10.0. The quantitative estimate of drug-likeness (QED) is 0.866. The van der Waals surface area contributed by atoms with Gasteiger partial charge in [-0.3, -0.25) is 0 Å². The molecule has 0 amide bonds. The molecule has 1 heterocycles. The van der Waals surface area contributed by atoms with Crippen LogP contribution in [0.2, 0.25) is 0 Å². The van der Waals surface area contributed by atoms with E-state index in [9.17, 15) is 17.2 Å². The van der Waals surface area contributed by atoms with E-state index in [1.807, 2.05) is 18.2 Å². The van der Waals surface area contributed by atoms with Gasteiger partial charge in [0, 0.05) is 24.3 Å². The first-order valence-corrected chi connectivity index (χ1v) is 9.17. The molecule has 0 fully saturated rings. The van der Waals surface area contributed by atoms with E-state index in [1.54, 1.807) is 0 Å². The fraction of sp³-hybridized carbons (Fsp3) is 0.294. The molecule has 0 saturated carbocycles. The Morgan fingerprint density at radius 2 is 2.00 bits per heavy atom. The van der Waals surface area contributed by atoms with Gasteiger partial charge in [-0.15, -0.1) is 0 Å². The molecule has 0 bridgehead atoms. The Morgan fingerprint density at radius 3 is 2.79 bits per heavy atom. The molecule has 1 aliphatic rings. The zero-order valence-corrected chi connectivity index (χ0v) is 13.7. The van der Waals surface area contributed by atoms with Crippen LogP contribution in [0.1, 0.15) is 29.5 Å². The van der Waals surface area contributed by atoms with Crippen molar-refractivity contribution >= 4 is 15.7 Å². The van der Waals surface area contributed by atoms with Gasteiger partial charge in [0.15, 0.2) is 0 Å². The van der Waals surface area contributed by atoms with Crippen molar-refractivity contribution in [2.75, 3.05) is 11.9 Å². The molecule has 2 aromatic rings. The summed E-state index contributed by atoms with van der Waals surface area (Å²) in [5.74, 6) is 0. The molecule has 0 saturated heterocycles. The van der Waals surface area contributed by atoms with Crippen molar-refractivity contribution in [1.29, 1.82) is 0 Å². The van der Waals surface area contributed by atoms with Gasteiger partial charge in [-0.05, 0) is 42.2 Å². The van der Waals surface area contributed by atoms with Crippen LogP contribution in [0, 0.1) is 0 Å². The summed E-state index contributed by atoms with van der Waals surface area (Å²) in [7, 11) is -3.83. The van der Waals surface area contributed by atoms with E-state index in [1.165, 1.54) is 18.2 Å². The third-order valence-corrected chi connectivity index (χ3v) is 5.39. The van der Waals surface area contributed by atoms with Crippen molar-refractivity contribution in [2.24, 2.45) is 0 Å². The average Bonchev–Trinajstić information content (AvgIpc) is 2.60. The number of nitrogens with one attached hydrogen (secondary N) is 2. The van der Waals surface area contributed by atoms with Gasteiger partial charge in [0.05, 0.1) is 4.90 Å². The second kappa shape index (κ2) is 6.86. The maximum atomic E-state index is 12.7. The first kappa shape index (κ1) is 16.9. The van der Waals surface area contributed by atoms with Crippen LogP contribution in [-0.2, 0) is 23.0 Å². The summed E-state index contributed by atoms with van der Waals surface area (Å²) in [5, 5.41) is 3.30. The van der Waals surface area contributed by atoms with E-state index in [0.29, 0.717) is 0 Å². The van der Waals surface area contributed by atoms with E-state index >= 15 is 0 Å². The zero-order valence-electron chi connectivity index (χ0n) is 12.9. The van der Waals surface area contributed by atoms with Crippen molar-refractivity contribution < 1.29 is 17.2 Å². The van der Waals surface area contributed by atoms with Gasteiger partial charge in [0.2, 0.25) is 10.0 Å². The number of rotatable bonds is 5. The van der Waals surface area contributed by atoms with Crippen molar-refractivity contribution in [1.82, 2.24) is 4.72 Å². The molecule has 2 aromatic carbocycles. The first-order valence-electron chi connectivity index (χ1n) is 7.69. The van der Waals surface area contributed by atoms with Gasteiger partial charge < -0.3 is 5.32 Å². The fourth-order valence-corrected chi connectivity index (χ4v) is 3.79. The number of hydrogen-bond donors (Lipinski definition) is 2. The summed E-state index contributed by atoms with van der Waals surface area (Å²) in [4.78, 5) is -0.153. The van der Waals surface area contributed by atoms with Crippen molar-refractivity contribution in [2.45, 2.75) is 30.7 Å². The van der Waals surface area contributed by atoms with Gasteiger partial charge >= 0.3 is 0 Å². The Kier molecular flexibility index (Phi) is 4.82. The molecule has 24 heavy (non-hydrogen) atoms. The molecule has 0 aromatic heterocycles. The molecule has 1 aliphatic heterocycles. The van der Waals surface area contributed by atoms with Crippen LogP contribution in [0.15, 0.2) is 47.4 Å². The minimum Gasteiger partial charge on any atom is -0.385 e. The third-order valence-electron chi connectivity index (χ3n) is 3.99. The number of anilines is 1. The number of benzene rings is 2. The van der Waals surface area contributed by atoms with Gasteiger partial charge in [-0.1, -0.05) is 24.3 Å². The SMILES string of the molecule is O=S(=O)(NCc1ccc2c(c1)CCCN2)c1cccc(C(F)F)c1. The van der Waals surface area contributed by atoms with Crippen molar-refractivity contribution in [3.05, 3.63) is 59.2 Å². The largest absolute Gasteiger partial charge is 0.385 e. The minimum absolute atomic E-state index is 0.120. The highest BCUT2D eigenvalue weighted by molar-refractivity contribution is 7.89. The van der Waals surface area contributed by atoms with Crippen LogP contribution in [0.5, 0.6) is 0 Å². The molecule has 128 valence electrons. The Hall–Kier alpha value is -1.99. The highest BCUT2D eigenvalue weighted by Gasteiger charge is 2.17. The topological polar surface area (TPSA) is 58.2 Å². The summed E-state index contributed by atoms with van der Waals surface area (Å²) in [5.41, 5.74) is 2.78. The maximum Gasteiger partial charge on any atom is 0.263 e. The lowest BCUT2D eigenvalue weighted by molar-refractivity contribution is 0.151. The van der Waals surface area contributed by atoms with Crippen LogP contribution in [0.4, 0.5) is 14.5 Å². The second-order valence-corrected chi connectivity index (χ2v) is 7.49. The Morgan fingerprint density at radius 1 is 1.17 bits per heavy atom. The highest BCUT2D eigenvalue weighted by atomic mass is 32.2. The fourth-order valence-electron chi connectivity index (χ4n) is 2.72. The molecular weight excluding hydrogens is 334 g/mol. The predicted molar refractivity (Wildman–Crippen MR) is 88.7 cm³/mol. The standard InChI is InChI=1S/C17H18F2N2O2S/c18-17(19)14-3-1-5-15(10-14)24(22,23)21-11-12-6-7-16-13(9-12)4-2-8-20-16/h1,3,5-7,9-10,17,20-21H,2,4,8,11H2. The molecular formula is C17H18F2N2O2S. The zero-order chi connectivity index (χ0) is 17.2. The molecule has 3 rings (SSSR count). The van der Waals surface area contributed by atoms with Crippen molar-refractivity contribution in [3.63, 3.8) is 0 Å². The predicted octanol–water partition coefficient (Wildman–Crippen LogP) is 3.46. The van der Waals surface area contributed by atoms with Crippen molar-refractivity contribution in [3.8, 4) is 0 Å². The minimum atomic E-state index is -3.83. The lowest BCUT2D eigenvalue weighted by Crippen LogP contribution is -2.23. The number of halogens is 2. The smallest absolute Gasteiger partial charge is 0.263 e. The Labute approximate surface area is 139 Å². The summed E-state index contributed by atoms with van der Waals surface area (Å²) in [6.07, 6.45) is -0.699. The van der Waals surface area contributed by atoms with E-state index in [4.69, 9.17) is 0 Å². The second-order valence-electron chi connectivity index (χ2n) is 5.72. The van der Waals surface area contributed by atoms with Crippen LogP contribution in [-0.4, -0.2) is 15.0 Å². The Bertz CT molecular complexity index is 838. The summed E-state index contributed by atoms with van der Waals surface area (Å²) >= 11 is 0. The number of fused-ring (bicyclic) bond motifs is 1. The average molecular weight is 352 g/mol. The lowest BCUT2D eigenvalue weighted by Gasteiger charge is -2.18. The number of alkyl halides is 2. The van der Waals surface area contributed by atoms with E-state index in [2.05, 4.69) is 10.0 Å². The van der Waals surface area contributed by atoms with Gasteiger partial charge in [-0.25, -0.2) is 21.9 Å². The van der Waals surface area contributed by atoms with Gasteiger partial charge in [-0.2, -0.15) is 0 Å². The number of hydrogen-bond acceptors (Lipinski definition) is 3. The van der Waals surface area contributed by atoms with E-state index in [0.717, 1.165) is 42.3 Å². The van der Waals surface area contributed by atoms with E-state index < -0.39 is 16.4 Å². The highest BCUT2D eigenvalue weighted by Crippen LogP contribution is 2.24. The molecule has 0 atom stereocenters. The van der Waals surface area contributed by atoms with Gasteiger partial charge in [0.1, 0.15) is 0 Å². The molecule has 0 spiro atoms. The molecule has 7 heteroatoms. The molecule has 0 aliphatic carbocycles. The first-order chi connectivity index (χ1) is 11.5. The van der Waals surface area contributed by atoms with Crippen LogP contribution < -0.4 is 10.0 Å². The molecule has 0 radical (unpaired) electrons. The normalized spacial score (nSPS) is 14.3.